The average Bonchev–Trinajstić information content (AvgIpc) is 3.43. The second kappa shape index (κ2) is 24.1. The number of para-hydroxylation sites is 4. The molecule has 0 heterocycles. The monoisotopic (exact) mass is 1010 g/mol. The second-order valence-corrected chi connectivity index (χ2v) is 19.7. The summed E-state index contributed by atoms with van der Waals surface area (Å²) in [4.78, 5) is 32.6. The van der Waals surface area contributed by atoms with Crippen LogP contribution in [0.3, 0.4) is 0 Å². The molecule has 388 valence electrons. The first-order valence-corrected chi connectivity index (χ1v) is 25.9. The zero-order chi connectivity index (χ0) is 53.0. The van der Waals surface area contributed by atoms with Gasteiger partial charge in [0.2, 0.25) is 11.8 Å². The zero-order valence-corrected chi connectivity index (χ0v) is 44.0. The number of methoxy groups -OCH3 is 4. The van der Waals surface area contributed by atoms with Crippen LogP contribution in [0.1, 0.15) is 85.0 Å². The van der Waals surface area contributed by atoms with Gasteiger partial charge < -0.3 is 39.8 Å². The number of aliphatic hydroxyl groups is 2. The molecule has 0 saturated carbocycles. The third-order valence-corrected chi connectivity index (χ3v) is 14.9. The predicted molar refractivity (Wildman–Crippen MR) is 299 cm³/mol. The smallest absolute Gasteiger partial charge is 0.236 e. The van der Waals surface area contributed by atoms with Gasteiger partial charge in [0.25, 0.3) is 0 Å². The number of benzene rings is 8. The molecule has 10 heteroatoms. The molecule has 0 aliphatic heterocycles. The van der Waals surface area contributed by atoms with Crippen LogP contribution in [0.5, 0.6) is 23.0 Å². The molecule has 75 heavy (non-hydrogen) atoms. The van der Waals surface area contributed by atoms with E-state index in [0.717, 1.165) is 43.8 Å². The maximum Gasteiger partial charge on any atom is 0.236 e. The van der Waals surface area contributed by atoms with Crippen LogP contribution < -0.4 is 29.6 Å². The topological polar surface area (TPSA) is 136 Å². The Balaban J connectivity index is 1.32. The summed E-state index contributed by atoms with van der Waals surface area (Å²) in [5, 5.41) is 38.2. The van der Waals surface area contributed by atoms with Crippen LogP contribution in [0, 0.1) is 5.41 Å². The summed E-state index contributed by atoms with van der Waals surface area (Å²) in [5.41, 5.74) is -0.981. The van der Waals surface area contributed by atoms with Crippen LogP contribution in [-0.4, -0.2) is 61.7 Å². The summed E-state index contributed by atoms with van der Waals surface area (Å²) in [5.74, 6) is 1.23. The Bertz CT molecular complexity index is 2900. The molecule has 0 saturated heterocycles. The minimum Gasteiger partial charge on any atom is -0.496 e. The van der Waals surface area contributed by atoms with Gasteiger partial charge in [0.05, 0.1) is 51.7 Å². The lowest BCUT2D eigenvalue weighted by Gasteiger charge is -2.43. The van der Waals surface area contributed by atoms with Crippen LogP contribution in [0.15, 0.2) is 182 Å². The van der Waals surface area contributed by atoms with Gasteiger partial charge >= 0.3 is 0 Å². The molecular weight excluding hydrogens is 937 g/mol. The molecular formula is C65H70N2O8. The zero-order valence-electron chi connectivity index (χ0n) is 44.0. The van der Waals surface area contributed by atoms with E-state index in [1.807, 2.05) is 196 Å². The standard InChI is InChI=1S/C65H70N2O8/c1-7-39-63(40-8-2,61(68)66-59(53-33-21-29-45-23-9-15-31-51(45)53)64(70,41-47-25-11-17-35-55(47)72-3)42-48-26-12-18-36-56(48)73-4)62(69)67-60(54-34-22-30-46-24-10-16-32-52(46)54)65(71,43-49-27-13-19-37-57(49)74-5)44-50-28-14-20-38-58(50)75-6/h9-38,59-60,70-71H,7-8,39-44H2,1-6H3,(H,66,68)(H,67,69)/t59-,60-/m0/s1. The third kappa shape index (κ3) is 11.5. The molecule has 8 rings (SSSR count). The van der Waals surface area contributed by atoms with Crippen LogP contribution in [0.2, 0.25) is 0 Å². The number of fused-ring (bicyclic) bond motifs is 2. The van der Waals surface area contributed by atoms with Gasteiger partial charge in [-0.1, -0.05) is 184 Å². The van der Waals surface area contributed by atoms with E-state index < -0.39 is 40.5 Å². The molecule has 0 bridgehead atoms. The summed E-state index contributed by atoms with van der Waals surface area (Å²) in [6, 6.07) is 55.6. The number of hydrogen-bond donors (Lipinski definition) is 4. The largest absolute Gasteiger partial charge is 0.496 e. The third-order valence-electron chi connectivity index (χ3n) is 14.9. The highest BCUT2D eigenvalue weighted by atomic mass is 16.5. The fraction of sp³-hybridized carbons (Fsp3) is 0.292. The highest BCUT2D eigenvalue weighted by Crippen LogP contribution is 2.44. The van der Waals surface area contributed by atoms with Gasteiger partial charge in [0.15, 0.2) is 0 Å². The molecule has 2 amide bonds. The Morgan fingerprint density at radius 2 is 0.693 bits per heavy atom. The van der Waals surface area contributed by atoms with Gasteiger partial charge in [0.1, 0.15) is 28.4 Å². The lowest BCUT2D eigenvalue weighted by atomic mass is 9.73. The summed E-state index contributed by atoms with van der Waals surface area (Å²) >= 11 is 0. The number of hydrogen-bond acceptors (Lipinski definition) is 8. The Hall–Kier alpha value is -7.66. The molecule has 8 aromatic rings. The second-order valence-electron chi connectivity index (χ2n) is 19.7. The summed E-state index contributed by atoms with van der Waals surface area (Å²) < 4.78 is 23.6. The molecule has 0 fully saturated rings. The van der Waals surface area contributed by atoms with E-state index in [0.29, 0.717) is 47.0 Å². The van der Waals surface area contributed by atoms with Crippen molar-refractivity contribution in [2.24, 2.45) is 5.41 Å². The number of carbonyl (C=O) groups excluding carboxylic acids is 2. The van der Waals surface area contributed by atoms with Crippen molar-refractivity contribution in [1.82, 2.24) is 10.6 Å². The quantitative estimate of drug-likeness (QED) is 0.0440. The highest BCUT2D eigenvalue weighted by molar-refractivity contribution is 6.06. The molecule has 4 N–H and O–H groups in total. The number of rotatable bonds is 24. The maximum absolute atomic E-state index is 16.3. The van der Waals surface area contributed by atoms with Gasteiger partial charge in [-0.25, -0.2) is 0 Å². The normalized spacial score (nSPS) is 12.7. The van der Waals surface area contributed by atoms with Crippen molar-refractivity contribution in [3.8, 4) is 23.0 Å². The van der Waals surface area contributed by atoms with Gasteiger partial charge in [-0.15, -0.1) is 0 Å². The van der Waals surface area contributed by atoms with E-state index in [9.17, 15) is 10.2 Å². The first-order chi connectivity index (χ1) is 36.4. The minimum absolute atomic E-state index is 0.0477. The molecule has 0 radical (unpaired) electrons. The lowest BCUT2D eigenvalue weighted by molar-refractivity contribution is -0.149. The Labute approximate surface area is 441 Å². The van der Waals surface area contributed by atoms with Crippen molar-refractivity contribution >= 4 is 33.4 Å². The lowest BCUT2D eigenvalue weighted by Crippen LogP contribution is -2.59. The van der Waals surface area contributed by atoms with E-state index in [-0.39, 0.29) is 38.5 Å². The number of carbonyl (C=O) groups is 2. The number of nitrogens with one attached hydrogen (secondary N) is 2. The van der Waals surface area contributed by atoms with Gasteiger partial charge in [-0.2, -0.15) is 0 Å². The first-order valence-electron chi connectivity index (χ1n) is 25.9. The van der Waals surface area contributed by atoms with E-state index in [4.69, 9.17) is 18.9 Å². The fourth-order valence-corrected chi connectivity index (χ4v) is 11.3. The molecule has 2 atom stereocenters. The summed E-state index contributed by atoms with van der Waals surface area (Å²) in [7, 11) is 6.40. The van der Waals surface area contributed by atoms with Gasteiger partial charge in [0, 0.05) is 25.7 Å². The van der Waals surface area contributed by atoms with Crippen molar-refractivity contribution < 1.29 is 38.7 Å². The Kier molecular flexibility index (Phi) is 17.3. The number of amides is 2. The van der Waals surface area contributed by atoms with E-state index in [2.05, 4.69) is 10.6 Å². The molecule has 10 nitrogen and oxygen atoms in total. The average molecular weight is 1010 g/mol. The summed E-state index contributed by atoms with van der Waals surface area (Å²) in [6.45, 7) is 3.93. The van der Waals surface area contributed by atoms with Gasteiger partial charge in [-0.05, 0) is 92.0 Å². The molecule has 8 aromatic carbocycles. The van der Waals surface area contributed by atoms with Crippen molar-refractivity contribution in [2.75, 3.05) is 28.4 Å². The molecule has 0 aliphatic carbocycles. The van der Waals surface area contributed by atoms with Crippen LogP contribution in [-0.2, 0) is 35.3 Å². The minimum atomic E-state index is -1.76. The van der Waals surface area contributed by atoms with Crippen molar-refractivity contribution in [3.05, 3.63) is 215 Å². The van der Waals surface area contributed by atoms with Crippen LogP contribution in [0.4, 0.5) is 0 Å². The van der Waals surface area contributed by atoms with E-state index in [1.165, 1.54) is 0 Å². The van der Waals surface area contributed by atoms with Crippen LogP contribution in [0.25, 0.3) is 21.5 Å². The van der Waals surface area contributed by atoms with Crippen LogP contribution >= 0.6 is 0 Å². The van der Waals surface area contributed by atoms with Crippen molar-refractivity contribution in [2.45, 2.75) is 88.5 Å². The maximum atomic E-state index is 16.3. The first kappa shape index (κ1) is 53.6. The van der Waals surface area contributed by atoms with E-state index >= 15 is 9.59 Å². The molecule has 0 aliphatic rings. The number of ether oxygens (including phenoxy) is 4. The molecule has 0 spiro atoms. The van der Waals surface area contributed by atoms with E-state index in [1.54, 1.807) is 28.4 Å². The van der Waals surface area contributed by atoms with Crippen molar-refractivity contribution in [3.63, 3.8) is 0 Å². The fourth-order valence-electron chi connectivity index (χ4n) is 11.3. The Morgan fingerprint density at radius 1 is 0.413 bits per heavy atom. The highest BCUT2D eigenvalue weighted by Gasteiger charge is 2.51. The predicted octanol–water partition coefficient (Wildman–Crippen LogP) is 12.1. The SMILES string of the molecule is CCCC(CCC)(C(=O)N[C@@H](c1cccc2ccccc12)C(O)(Cc1ccccc1OC)Cc1ccccc1OC)C(=O)N[C@@H](c1cccc2ccccc12)C(O)(Cc1ccccc1OC)Cc1ccccc1OC. The van der Waals surface area contributed by atoms with Crippen molar-refractivity contribution in [1.29, 1.82) is 0 Å². The summed E-state index contributed by atoms with van der Waals surface area (Å²) in [6.07, 6.45) is 1.46. The molecule has 0 unspecified atom stereocenters. The Morgan fingerprint density at radius 3 is 1.00 bits per heavy atom. The molecule has 0 aromatic heterocycles. The van der Waals surface area contributed by atoms with Gasteiger partial charge in [-0.3, -0.25) is 9.59 Å².